The molecule has 1 aliphatic rings. The standard InChI is InChI=1S/C18H14BrFO2/c1-22-14-5-6-15-12(10-14)3-4-13(18(15)21)8-11-2-7-17(20)16(19)9-11/h2,5-10H,3-4H2,1H3/b13-8+. The fourth-order valence-electron chi connectivity index (χ4n) is 2.62. The van der Waals surface area contributed by atoms with Crippen molar-refractivity contribution < 1.29 is 13.9 Å². The van der Waals surface area contributed by atoms with Crippen LogP contribution in [0.2, 0.25) is 0 Å². The van der Waals surface area contributed by atoms with E-state index in [0.717, 1.165) is 34.4 Å². The Kier molecular flexibility index (Phi) is 4.12. The van der Waals surface area contributed by atoms with Crippen LogP contribution < -0.4 is 4.74 Å². The van der Waals surface area contributed by atoms with Crippen LogP contribution in [0.1, 0.15) is 27.9 Å². The molecule has 4 heteroatoms. The molecule has 0 aromatic heterocycles. The van der Waals surface area contributed by atoms with Crippen LogP contribution in [0.4, 0.5) is 4.39 Å². The number of methoxy groups -OCH3 is 1. The van der Waals surface area contributed by atoms with Crippen LogP contribution in [0.15, 0.2) is 46.4 Å². The van der Waals surface area contributed by atoms with Gasteiger partial charge in [-0.15, -0.1) is 0 Å². The molecule has 2 aromatic carbocycles. The van der Waals surface area contributed by atoms with Crippen molar-refractivity contribution in [3.63, 3.8) is 0 Å². The van der Waals surface area contributed by atoms with Crippen molar-refractivity contribution in [1.82, 2.24) is 0 Å². The van der Waals surface area contributed by atoms with E-state index >= 15 is 0 Å². The van der Waals surface area contributed by atoms with Gasteiger partial charge in [0.15, 0.2) is 5.78 Å². The molecule has 0 unspecified atom stereocenters. The number of ether oxygens (including phenoxy) is 1. The zero-order valence-electron chi connectivity index (χ0n) is 12.0. The summed E-state index contributed by atoms with van der Waals surface area (Å²) in [5.74, 6) is 0.486. The maximum Gasteiger partial charge on any atom is 0.189 e. The van der Waals surface area contributed by atoms with Gasteiger partial charge < -0.3 is 4.74 Å². The van der Waals surface area contributed by atoms with Gasteiger partial charge in [-0.05, 0) is 76.3 Å². The number of Topliss-reactive ketones (excluding diaryl/α,β-unsaturated/α-hetero) is 1. The molecule has 2 aromatic rings. The van der Waals surface area contributed by atoms with Gasteiger partial charge in [0.05, 0.1) is 11.6 Å². The third-order valence-corrected chi connectivity index (χ3v) is 4.40. The molecular formula is C18H14BrFO2. The number of ketones is 1. The summed E-state index contributed by atoms with van der Waals surface area (Å²) in [6, 6.07) is 10.3. The Morgan fingerprint density at radius 3 is 2.73 bits per heavy atom. The van der Waals surface area contributed by atoms with E-state index < -0.39 is 0 Å². The first-order valence-corrected chi connectivity index (χ1v) is 7.75. The van der Waals surface area contributed by atoms with E-state index in [1.54, 1.807) is 25.3 Å². The first kappa shape index (κ1) is 15.0. The molecule has 0 radical (unpaired) electrons. The number of aryl methyl sites for hydroxylation is 1. The number of benzene rings is 2. The van der Waals surface area contributed by atoms with Gasteiger partial charge >= 0.3 is 0 Å². The zero-order chi connectivity index (χ0) is 15.7. The number of halogens is 2. The van der Waals surface area contributed by atoms with E-state index in [2.05, 4.69) is 15.9 Å². The van der Waals surface area contributed by atoms with Crippen LogP contribution in [-0.4, -0.2) is 12.9 Å². The monoisotopic (exact) mass is 360 g/mol. The number of fused-ring (bicyclic) bond motifs is 1. The predicted molar refractivity (Wildman–Crippen MR) is 87.7 cm³/mol. The first-order valence-electron chi connectivity index (χ1n) is 6.95. The summed E-state index contributed by atoms with van der Waals surface area (Å²) in [7, 11) is 1.62. The highest BCUT2D eigenvalue weighted by Crippen LogP contribution is 2.30. The molecule has 0 saturated heterocycles. The van der Waals surface area contributed by atoms with Gasteiger partial charge in [0.1, 0.15) is 11.6 Å². The van der Waals surface area contributed by atoms with Crippen molar-refractivity contribution >= 4 is 27.8 Å². The highest BCUT2D eigenvalue weighted by molar-refractivity contribution is 9.10. The topological polar surface area (TPSA) is 26.3 Å². The van der Waals surface area contributed by atoms with E-state index in [1.165, 1.54) is 6.07 Å². The fraction of sp³-hybridized carbons (Fsp3) is 0.167. The van der Waals surface area contributed by atoms with Crippen LogP contribution >= 0.6 is 15.9 Å². The quantitative estimate of drug-likeness (QED) is 0.718. The van der Waals surface area contributed by atoms with E-state index in [-0.39, 0.29) is 11.6 Å². The number of hydrogen-bond donors (Lipinski definition) is 0. The lowest BCUT2D eigenvalue weighted by atomic mass is 9.86. The molecule has 0 amide bonds. The summed E-state index contributed by atoms with van der Waals surface area (Å²) in [6.07, 6.45) is 3.31. The van der Waals surface area contributed by atoms with Crippen LogP contribution in [0.3, 0.4) is 0 Å². The molecule has 0 bridgehead atoms. The third kappa shape index (κ3) is 2.83. The summed E-state index contributed by atoms with van der Waals surface area (Å²) < 4.78 is 18.9. The second-order valence-electron chi connectivity index (χ2n) is 5.20. The molecule has 0 saturated carbocycles. The number of rotatable bonds is 2. The molecule has 0 atom stereocenters. The lowest BCUT2D eigenvalue weighted by molar-refractivity contribution is 0.102. The Morgan fingerprint density at radius 2 is 2.00 bits per heavy atom. The average molecular weight is 361 g/mol. The largest absolute Gasteiger partial charge is 0.497 e. The van der Waals surface area contributed by atoms with Gasteiger partial charge in [-0.1, -0.05) is 6.07 Å². The highest BCUT2D eigenvalue weighted by atomic mass is 79.9. The molecule has 1 aliphatic carbocycles. The predicted octanol–water partition coefficient (Wildman–Crippen LogP) is 4.81. The van der Waals surface area contributed by atoms with Gasteiger partial charge in [0.25, 0.3) is 0 Å². The second-order valence-corrected chi connectivity index (χ2v) is 6.05. The molecule has 0 fully saturated rings. The van der Waals surface area contributed by atoms with Crippen molar-refractivity contribution in [2.45, 2.75) is 12.8 Å². The normalized spacial score (nSPS) is 15.8. The molecule has 22 heavy (non-hydrogen) atoms. The minimum Gasteiger partial charge on any atom is -0.497 e. The molecule has 0 aliphatic heterocycles. The minimum atomic E-state index is -0.311. The number of allylic oxidation sites excluding steroid dienone is 1. The average Bonchev–Trinajstić information content (AvgIpc) is 2.53. The van der Waals surface area contributed by atoms with Crippen LogP contribution in [0, 0.1) is 5.82 Å². The molecular weight excluding hydrogens is 347 g/mol. The van der Waals surface area contributed by atoms with Crippen molar-refractivity contribution in [2.75, 3.05) is 7.11 Å². The SMILES string of the molecule is COc1ccc2c(c1)CC/C(=C\c1ccc(F)c(Br)c1)C2=O. The van der Waals surface area contributed by atoms with E-state index in [1.807, 2.05) is 18.2 Å². The lowest BCUT2D eigenvalue weighted by Gasteiger charge is -2.18. The smallest absolute Gasteiger partial charge is 0.189 e. The zero-order valence-corrected chi connectivity index (χ0v) is 13.6. The van der Waals surface area contributed by atoms with E-state index in [9.17, 15) is 9.18 Å². The van der Waals surface area contributed by atoms with Crippen molar-refractivity contribution in [1.29, 1.82) is 0 Å². The minimum absolute atomic E-state index is 0.0318. The van der Waals surface area contributed by atoms with Crippen LogP contribution in [-0.2, 0) is 6.42 Å². The van der Waals surface area contributed by atoms with Crippen molar-refractivity contribution in [2.24, 2.45) is 0 Å². The maximum absolute atomic E-state index is 13.3. The Labute approximate surface area is 136 Å². The van der Waals surface area contributed by atoms with Gasteiger partial charge in [-0.2, -0.15) is 0 Å². The Morgan fingerprint density at radius 1 is 1.18 bits per heavy atom. The van der Waals surface area contributed by atoms with Crippen LogP contribution in [0.25, 0.3) is 6.08 Å². The summed E-state index contributed by atoms with van der Waals surface area (Å²) in [5.41, 5.74) is 3.30. The fourth-order valence-corrected chi connectivity index (χ4v) is 3.02. The first-order chi connectivity index (χ1) is 10.6. The molecule has 2 nitrogen and oxygen atoms in total. The number of hydrogen-bond acceptors (Lipinski definition) is 2. The highest BCUT2D eigenvalue weighted by Gasteiger charge is 2.22. The summed E-state index contributed by atoms with van der Waals surface area (Å²) in [6.45, 7) is 0. The third-order valence-electron chi connectivity index (χ3n) is 3.80. The molecule has 112 valence electrons. The van der Waals surface area contributed by atoms with Gasteiger partial charge in [-0.25, -0.2) is 4.39 Å². The lowest BCUT2D eigenvalue weighted by Crippen LogP contribution is -2.14. The van der Waals surface area contributed by atoms with Crippen LogP contribution in [0.5, 0.6) is 5.75 Å². The van der Waals surface area contributed by atoms with E-state index in [4.69, 9.17) is 4.74 Å². The molecule has 3 rings (SSSR count). The van der Waals surface area contributed by atoms with Gasteiger partial charge in [0.2, 0.25) is 0 Å². The molecule has 0 N–H and O–H groups in total. The summed E-state index contributed by atoms with van der Waals surface area (Å²) in [4.78, 5) is 12.6. The number of carbonyl (C=O) groups is 1. The maximum atomic E-state index is 13.3. The van der Waals surface area contributed by atoms with Gasteiger partial charge in [-0.3, -0.25) is 4.79 Å². The Balaban J connectivity index is 1.95. The number of carbonyl (C=O) groups excluding carboxylic acids is 1. The molecule has 0 heterocycles. The summed E-state index contributed by atoms with van der Waals surface area (Å²) in [5, 5.41) is 0. The Hall–Kier alpha value is -1.94. The Bertz CT molecular complexity index is 781. The molecule has 0 spiro atoms. The van der Waals surface area contributed by atoms with Crippen molar-refractivity contribution in [3.8, 4) is 5.75 Å². The van der Waals surface area contributed by atoms with Gasteiger partial charge in [0, 0.05) is 11.1 Å². The summed E-state index contributed by atoms with van der Waals surface area (Å²) >= 11 is 3.16. The van der Waals surface area contributed by atoms with E-state index in [0.29, 0.717) is 10.9 Å². The second kappa shape index (κ2) is 6.05. The van der Waals surface area contributed by atoms with Crippen molar-refractivity contribution in [3.05, 3.63) is 69.0 Å².